The van der Waals surface area contributed by atoms with Crippen molar-refractivity contribution in [2.75, 3.05) is 52.7 Å². The fraction of sp³-hybridized carbons (Fsp3) is 0.822. The average Bonchev–Trinajstić information content (AvgIpc) is 3.68. The fourth-order valence-electron chi connectivity index (χ4n) is 13.0. The maximum Gasteiger partial charge on any atom is 0.410 e. The maximum absolute atomic E-state index is 15.5. The van der Waals surface area contributed by atoms with Crippen LogP contribution >= 0.6 is 0 Å². The molecule has 4 N–H and O–H groups in total. The van der Waals surface area contributed by atoms with Crippen molar-refractivity contribution in [2.24, 2.45) is 34.0 Å². The molecule has 4 saturated heterocycles. The van der Waals surface area contributed by atoms with Crippen LogP contribution in [0.4, 0.5) is 9.18 Å². The molecule has 4 heterocycles. The zero-order chi connectivity index (χ0) is 45.7. The van der Waals surface area contributed by atoms with Crippen molar-refractivity contribution in [3.63, 3.8) is 0 Å². The molecular weight excluding hydrogens is 850 g/mol. The smallest absolute Gasteiger partial charge is 0.410 e. The van der Waals surface area contributed by atoms with Gasteiger partial charge in [-0.1, -0.05) is 45.6 Å². The third kappa shape index (κ3) is 8.10. The predicted molar refractivity (Wildman–Crippen MR) is 231 cm³/mol. The van der Waals surface area contributed by atoms with Gasteiger partial charge in [0.1, 0.15) is 43.0 Å². The molecule has 8 rings (SSSR count). The van der Waals surface area contributed by atoms with Crippen molar-refractivity contribution >= 4 is 45.8 Å². The lowest BCUT2D eigenvalue weighted by molar-refractivity contribution is -0.145. The first-order chi connectivity index (χ1) is 30.6. The molecule has 4 aliphatic carbocycles. The molecule has 1 unspecified atom stereocenters. The lowest BCUT2D eigenvalue weighted by Crippen LogP contribution is -2.62. The van der Waals surface area contributed by atoms with Gasteiger partial charge in [-0.2, -0.15) is 12.7 Å². The van der Waals surface area contributed by atoms with Crippen LogP contribution in [0.3, 0.4) is 0 Å². The van der Waals surface area contributed by atoms with Crippen LogP contribution in [0.5, 0.6) is 0 Å². The van der Waals surface area contributed by atoms with Crippen LogP contribution in [0.15, 0.2) is 12.7 Å². The summed E-state index contributed by atoms with van der Waals surface area (Å²) in [5, 5.41) is 9.04. The number of likely N-dealkylation sites (tertiary alicyclic amines) is 2. The van der Waals surface area contributed by atoms with E-state index in [1.165, 1.54) is 15.3 Å². The van der Waals surface area contributed by atoms with Crippen LogP contribution in [-0.4, -0.2) is 141 Å². The minimum Gasteiger partial charge on any atom is -0.447 e. The van der Waals surface area contributed by atoms with Crippen molar-refractivity contribution in [2.45, 2.75) is 146 Å². The van der Waals surface area contributed by atoms with Crippen molar-refractivity contribution in [1.82, 2.24) is 34.8 Å². The number of nitrogens with one attached hydrogen (secondary N) is 4. The highest BCUT2D eigenvalue weighted by atomic mass is 32.2. The number of amides is 6. The molecule has 6 amide bonds. The largest absolute Gasteiger partial charge is 0.447 e. The van der Waals surface area contributed by atoms with Gasteiger partial charge in [0.15, 0.2) is 0 Å². The number of hydrogen-bond donors (Lipinski definition) is 4. The molecule has 0 radical (unpaired) electrons. The van der Waals surface area contributed by atoms with Crippen molar-refractivity contribution in [1.29, 1.82) is 0 Å². The molecule has 0 aromatic carbocycles. The van der Waals surface area contributed by atoms with E-state index in [1.807, 2.05) is 0 Å². The molecule has 7 atom stereocenters. The zero-order valence-corrected chi connectivity index (χ0v) is 38.3. The number of alkyl halides is 1. The summed E-state index contributed by atoms with van der Waals surface area (Å²) in [5.41, 5.74) is -2.24. The van der Waals surface area contributed by atoms with E-state index in [0.717, 1.165) is 38.5 Å². The van der Waals surface area contributed by atoms with Gasteiger partial charge in [-0.15, -0.1) is 6.58 Å². The number of nitrogens with zero attached hydrogens (tertiary/aromatic N) is 3. The summed E-state index contributed by atoms with van der Waals surface area (Å²) in [6, 6.07) is -4.01. The molecule has 17 nitrogen and oxygen atoms in total. The van der Waals surface area contributed by atoms with E-state index < -0.39 is 100 Å². The fourth-order valence-corrected chi connectivity index (χ4v) is 14.3. The molecule has 19 heteroatoms. The minimum absolute atomic E-state index is 0.0736. The highest BCUT2D eigenvalue weighted by molar-refractivity contribution is 7.87. The Labute approximate surface area is 376 Å². The van der Waals surface area contributed by atoms with Crippen LogP contribution in [0.2, 0.25) is 0 Å². The second-order valence-corrected chi connectivity index (χ2v) is 22.0. The van der Waals surface area contributed by atoms with Crippen molar-refractivity contribution < 1.29 is 51.0 Å². The van der Waals surface area contributed by atoms with E-state index in [4.69, 9.17) is 9.47 Å². The molecule has 356 valence electrons. The predicted octanol–water partition coefficient (Wildman–Crippen LogP) is 2.85. The highest BCUT2D eigenvalue weighted by Gasteiger charge is 2.85. The molecule has 8 fully saturated rings. The standard InChI is InChI=1S/C45H68FN7O10S/c1-4-31-26-45(31,40(58)50-64(60,61)51-20-8-9-21-51)49-37(55)33-27-44(42(2,3)43(44)17-11-18-43)28-53(33)39(57)35(30-15-23-62-24-16-30)48-38(56)34(29-12-6-5-7-13-29)47-36(54)32-14-10-22-52(32)41(59)63-25-19-46/h4,29-35H,1,5-28H2,2-3H3,(H,47,54)(H,48,56)(H,49,55)(H,50,58)/t31-,32+,33+,34?,35+,44-,45-/m1/s1. The van der Waals surface area contributed by atoms with Gasteiger partial charge in [-0.25, -0.2) is 13.9 Å². The SMILES string of the molecule is C=C[C@@H]1C[C@]1(NC(=O)[C@@H]1C[C@@]2(CN1C(=O)[C@@H](NC(=O)C(NC(=O)[C@@H]1CCCN1C(=O)OCCF)C1CCCCC1)C1CCOCC1)C(C)(C)C21CCC1)C(=O)NS(=O)(=O)N1CCCC1. The van der Waals surface area contributed by atoms with Gasteiger partial charge in [0.05, 0.1) is 0 Å². The molecule has 0 aromatic heterocycles. The Hall–Kier alpha value is -3.84. The first-order valence-electron chi connectivity index (χ1n) is 23.8. The molecule has 0 aromatic rings. The van der Waals surface area contributed by atoms with E-state index in [0.29, 0.717) is 84.1 Å². The first-order valence-corrected chi connectivity index (χ1v) is 25.3. The van der Waals surface area contributed by atoms with Crippen molar-refractivity contribution in [3.05, 3.63) is 12.7 Å². The lowest BCUT2D eigenvalue weighted by Gasteiger charge is -2.37. The van der Waals surface area contributed by atoms with Gasteiger partial charge in [0.25, 0.3) is 5.91 Å². The normalized spacial score (nSPS) is 32.0. The summed E-state index contributed by atoms with van der Waals surface area (Å²) in [5.74, 6) is -3.97. The highest BCUT2D eigenvalue weighted by Crippen LogP contribution is 2.88. The molecule has 4 aliphatic heterocycles. The number of hydrogen-bond acceptors (Lipinski definition) is 10. The van der Waals surface area contributed by atoms with Crippen LogP contribution in [0, 0.1) is 34.0 Å². The molecule has 0 bridgehead atoms. The number of carbonyl (C=O) groups is 6. The van der Waals surface area contributed by atoms with Crippen molar-refractivity contribution in [3.8, 4) is 0 Å². The quantitative estimate of drug-likeness (QED) is 0.177. The van der Waals surface area contributed by atoms with Gasteiger partial charge >= 0.3 is 16.3 Å². The zero-order valence-electron chi connectivity index (χ0n) is 37.5. The Morgan fingerprint density at radius 1 is 0.797 bits per heavy atom. The Balaban J connectivity index is 1.06. The summed E-state index contributed by atoms with van der Waals surface area (Å²) >= 11 is 0. The first kappa shape index (κ1) is 46.7. The number of carbonyl (C=O) groups excluding carboxylic acids is 6. The molecule has 8 aliphatic rings. The van der Waals surface area contributed by atoms with Crippen LogP contribution in [-0.2, 0) is 43.7 Å². The maximum atomic E-state index is 15.5. The van der Waals surface area contributed by atoms with Crippen LogP contribution < -0.4 is 20.7 Å². The van der Waals surface area contributed by atoms with Gasteiger partial charge in [-0.3, -0.25) is 28.9 Å². The summed E-state index contributed by atoms with van der Waals surface area (Å²) in [6.45, 7) is 8.83. The Bertz CT molecular complexity index is 1970. The van der Waals surface area contributed by atoms with E-state index in [2.05, 4.69) is 41.1 Å². The summed E-state index contributed by atoms with van der Waals surface area (Å²) < 4.78 is 53.5. The Morgan fingerprint density at radius 2 is 1.48 bits per heavy atom. The van der Waals surface area contributed by atoms with E-state index in [-0.39, 0.29) is 42.2 Å². The third-order valence-electron chi connectivity index (χ3n) is 17.2. The average molecular weight is 918 g/mol. The number of rotatable bonds is 15. The summed E-state index contributed by atoms with van der Waals surface area (Å²) in [4.78, 5) is 88.8. The Kier molecular flexibility index (Phi) is 13.2. The minimum atomic E-state index is -4.15. The lowest BCUT2D eigenvalue weighted by atomic mass is 9.73. The van der Waals surface area contributed by atoms with E-state index in [9.17, 15) is 36.8 Å². The number of halogens is 1. The monoisotopic (exact) mass is 917 g/mol. The van der Waals surface area contributed by atoms with Gasteiger partial charge in [-0.05, 0) is 99.7 Å². The van der Waals surface area contributed by atoms with Gasteiger partial charge < -0.3 is 30.3 Å². The van der Waals surface area contributed by atoms with Gasteiger partial charge in [0, 0.05) is 50.7 Å². The van der Waals surface area contributed by atoms with Crippen LogP contribution in [0.1, 0.15) is 117 Å². The number of ether oxygens (including phenoxy) is 2. The van der Waals surface area contributed by atoms with Crippen LogP contribution in [0.25, 0.3) is 0 Å². The Morgan fingerprint density at radius 3 is 2.09 bits per heavy atom. The molecular formula is C45H68FN7O10S. The molecule has 4 saturated carbocycles. The van der Waals surface area contributed by atoms with Gasteiger partial charge in [0.2, 0.25) is 23.6 Å². The molecule has 2 spiro atoms. The molecule has 64 heavy (non-hydrogen) atoms. The topological polar surface area (TPSA) is 213 Å². The summed E-state index contributed by atoms with van der Waals surface area (Å²) in [7, 11) is -4.15. The second kappa shape index (κ2) is 18.1. The van der Waals surface area contributed by atoms with E-state index in [1.54, 1.807) is 4.90 Å². The summed E-state index contributed by atoms with van der Waals surface area (Å²) in [6.07, 6.45) is 11.5. The van der Waals surface area contributed by atoms with E-state index >= 15 is 4.79 Å². The number of fused-ring (bicyclic) bond motifs is 1. The third-order valence-corrected chi connectivity index (χ3v) is 18.7. The second-order valence-electron chi connectivity index (χ2n) is 20.4.